The van der Waals surface area contributed by atoms with Crippen molar-refractivity contribution in [1.82, 2.24) is 14.9 Å². The van der Waals surface area contributed by atoms with Gasteiger partial charge < -0.3 is 16.0 Å². The Morgan fingerprint density at radius 1 is 1.05 bits per heavy atom. The summed E-state index contributed by atoms with van der Waals surface area (Å²) >= 11 is 0. The van der Waals surface area contributed by atoms with E-state index in [0.717, 1.165) is 24.0 Å². The molecule has 6 heteroatoms. The van der Waals surface area contributed by atoms with Gasteiger partial charge in [0.2, 0.25) is 5.95 Å². The standard InChI is InChI=1S/C25H37FN4.C9H15N/c1-4-25(16-14-24(2,3)15-17-25)13-7-5-6-8-19-9-11-20(12-10-19)29-23-28-18-21(26)22(27)30-23;1-3-9(2)10-7-5-4-6-8-10/h9-12,18H,4-8,13-17H2,1-3H3,(H3,27,28,29,30);3H,1-2,4-8H2. The Kier molecular flexibility index (Phi) is 12.0. The third-order valence-electron chi connectivity index (χ3n) is 9.07. The maximum Gasteiger partial charge on any atom is 0.229 e. The van der Waals surface area contributed by atoms with E-state index in [1.54, 1.807) is 0 Å². The number of allylic oxidation sites excluding steroid dienone is 1. The number of unbranched alkanes of at least 4 members (excludes halogenated alkanes) is 2. The predicted octanol–water partition coefficient (Wildman–Crippen LogP) is 9.21. The van der Waals surface area contributed by atoms with Crippen molar-refractivity contribution in [2.75, 3.05) is 24.1 Å². The van der Waals surface area contributed by atoms with E-state index >= 15 is 0 Å². The second kappa shape index (κ2) is 15.2. The lowest BCUT2D eigenvalue weighted by Gasteiger charge is -2.43. The minimum Gasteiger partial charge on any atom is -0.381 e. The number of nitrogens with one attached hydrogen (secondary N) is 1. The molecule has 0 bridgehead atoms. The summed E-state index contributed by atoms with van der Waals surface area (Å²) in [7, 11) is 0. The average Bonchev–Trinajstić information content (AvgIpc) is 2.97. The first-order chi connectivity index (χ1) is 19.1. The normalized spacial score (nSPS) is 17.9. The molecule has 0 spiro atoms. The number of hydrogen-bond acceptors (Lipinski definition) is 5. The smallest absolute Gasteiger partial charge is 0.229 e. The molecule has 1 aliphatic heterocycles. The maximum atomic E-state index is 13.2. The van der Waals surface area contributed by atoms with Gasteiger partial charge in [0.15, 0.2) is 11.6 Å². The first-order valence-electron chi connectivity index (χ1n) is 15.4. The maximum absolute atomic E-state index is 13.2. The Balaban J connectivity index is 0.000000371. The van der Waals surface area contributed by atoms with Crippen molar-refractivity contribution in [3.63, 3.8) is 0 Å². The lowest BCUT2D eigenvalue weighted by Crippen LogP contribution is -2.30. The number of aryl methyl sites for hydroxylation is 1. The van der Waals surface area contributed by atoms with Crippen LogP contribution in [-0.4, -0.2) is 28.0 Å². The molecule has 2 aromatic rings. The Morgan fingerprint density at radius 3 is 2.33 bits per heavy atom. The molecule has 5 nitrogen and oxygen atoms in total. The van der Waals surface area contributed by atoms with E-state index in [1.165, 1.54) is 95.7 Å². The van der Waals surface area contributed by atoms with Gasteiger partial charge in [-0.15, -0.1) is 0 Å². The molecule has 0 unspecified atom stereocenters. The van der Waals surface area contributed by atoms with Crippen LogP contribution in [0, 0.1) is 16.6 Å². The zero-order valence-corrected chi connectivity index (χ0v) is 25.3. The lowest BCUT2D eigenvalue weighted by molar-refractivity contribution is 0.0855. The van der Waals surface area contributed by atoms with E-state index in [-0.39, 0.29) is 5.82 Å². The van der Waals surface area contributed by atoms with Crippen molar-refractivity contribution >= 4 is 17.5 Å². The lowest BCUT2D eigenvalue weighted by atomic mass is 9.62. The van der Waals surface area contributed by atoms with Crippen molar-refractivity contribution in [1.29, 1.82) is 0 Å². The zero-order valence-electron chi connectivity index (χ0n) is 25.3. The topological polar surface area (TPSA) is 67.1 Å². The number of likely N-dealkylation sites (tertiary alicyclic amines) is 1. The third-order valence-corrected chi connectivity index (χ3v) is 9.07. The van der Waals surface area contributed by atoms with Gasteiger partial charge in [-0.05, 0) is 98.8 Å². The van der Waals surface area contributed by atoms with Gasteiger partial charge in [-0.3, -0.25) is 0 Å². The Labute approximate surface area is 242 Å². The molecular weight excluding hydrogens is 497 g/mol. The highest BCUT2D eigenvalue weighted by Gasteiger charge is 2.36. The molecule has 0 radical (unpaired) electrons. The predicted molar refractivity (Wildman–Crippen MR) is 168 cm³/mol. The molecule has 4 rings (SSSR count). The second-order valence-corrected chi connectivity index (χ2v) is 12.6. The van der Waals surface area contributed by atoms with Crippen LogP contribution >= 0.6 is 0 Å². The van der Waals surface area contributed by atoms with Crippen LogP contribution in [0.2, 0.25) is 0 Å². The first-order valence-corrected chi connectivity index (χ1v) is 15.4. The second-order valence-electron chi connectivity index (χ2n) is 12.6. The van der Waals surface area contributed by atoms with Gasteiger partial charge in [-0.1, -0.05) is 65.3 Å². The highest BCUT2D eigenvalue weighted by atomic mass is 19.1. The molecule has 2 aliphatic rings. The van der Waals surface area contributed by atoms with E-state index in [0.29, 0.717) is 16.8 Å². The summed E-state index contributed by atoms with van der Waals surface area (Å²) in [5, 5.41) is 3.06. The van der Waals surface area contributed by atoms with E-state index in [4.69, 9.17) is 5.73 Å². The molecule has 1 aromatic carbocycles. The van der Waals surface area contributed by atoms with Crippen LogP contribution in [0.25, 0.3) is 0 Å². The molecule has 1 saturated carbocycles. The van der Waals surface area contributed by atoms with Gasteiger partial charge in [0.05, 0.1) is 6.20 Å². The molecule has 1 aromatic heterocycles. The van der Waals surface area contributed by atoms with Crippen molar-refractivity contribution in [3.8, 4) is 0 Å². The quantitative estimate of drug-likeness (QED) is 0.216. The number of rotatable bonds is 11. The highest BCUT2D eigenvalue weighted by Crippen LogP contribution is 2.49. The number of nitrogens with two attached hydrogens (primary N) is 1. The van der Waals surface area contributed by atoms with Gasteiger partial charge in [0.25, 0.3) is 0 Å². The molecule has 40 heavy (non-hydrogen) atoms. The van der Waals surface area contributed by atoms with E-state index < -0.39 is 5.82 Å². The fourth-order valence-electron chi connectivity index (χ4n) is 5.88. The van der Waals surface area contributed by atoms with Crippen LogP contribution < -0.4 is 11.1 Å². The van der Waals surface area contributed by atoms with Gasteiger partial charge in [0.1, 0.15) is 0 Å². The Bertz CT molecular complexity index is 1060. The fourth-order valence-corrected chi connectivity index (χ4v) is 5.88. The Hall–Kier alpha value is -2.89. The number of piperidine rings is 1. The molecule has 1 saturated heterocycles. The minimum absolute atomic E-state index is 0.147. The molecule has 220 valence electrons. The van der Waals surface area contributed by atoms with Crippen molar-refractivity contribution in [2.24, 2.45) is 10.8 Å². The number of hydrogen-bond donors (Lipinski definition) is 2. The van der Waals surface area contributed by atoms with Crippen molar-refractivity contribution < 1.29 is 4.39 Å². The molecule has 3 N–H and O–H groups in total. The Morgan fingerprint density at radius 2 is 1.73 bits per heavy atom. The summed E-state index contributed by atoms with van der Waals surface area (Å²) in [6, 6.07) is 8.28. The summed E-state index contributed by atoms with van der Waals surface area (Å²) in [6.07, 6.45) is 20.2. The van der Waals surface area contributed by atoms with Crippen LogP contribution in [0.3, 0.4) is 0 Å². The highest BCUT2D eigenvalue weighted by molar-refractivity contribution is 5.54. The molecule has 0 atom stereocenters. The summed E-state index contributed by atoms with van der Waals surface area (Å²) < 4.78 is 13.2. The number of benzene rings is 1. The number of aromatic nitrogens is 2. The number of halogens is 1. The van der Waals surface area contributed by atoms with Gasteiger partial charge in [-0.2, -0.15) is 4.98 Å². The van der Waals surface area contributed by atoms with Crippen LogP contribution in [0.5, 0.6) is 0 Å². The van der Waals surface area contributed by atoms with Gasteiger partial charge in [-0.25, -0.2) is 9.37 Å². The van der Waals surface area contributed by atoms with Crippen LogP contribution in [-0.2, 0) is 6.42 Å². The van der Waals surface area contributed by atoms with E-state index in [2.05, 4.69) is 66.2 Å². The molecule has 0 amide bonds. The van der Waals surface area contributed by atoms with E-state index in [9.17, 15) is 4.39 Å². The molecule has 2 fully saturated rings. The van der Waals surface area contributed by atoms with Crippen molar-refractivity contribution in [2.45, 2.75) is 104 Å². The van der Waals surface area contributed by atoms with Gasteiger partial charge >= 0.3 is 0 Å². The van der Waals surface area contributed by atoms with Crippen LogP contribution in [0.4, 0.5) is 21.8 Å². The fraction of sp³-hybridized carbons (Fsp3) is 0.588. The summed E-state index contributed by atoms with van der Waals surface area (Å²) in [4.78, 5) is 10.1. The number of nitrogen functional groups attached to an aromatic ring is 1. The molecule has 1 aliphatic carbocycles. The van der Waals surface area contributed by atoms with E-state index in [1.807, 2.05) is 18.2 Å². The summed E-state index contributed by atoms with van der Waals surface area (Å²) in [5.41, 5.74) is 9.94. The molecule has 2 heterocycles. The third kappa shape index (κ3) is 9.94. The SMILES string of the molecule is C=CC(=C)N1CCCCC1.CCC1(CCCCCc2ccc(Nc3ncc(F)c(N)n3)cc2)CCC(C)(C)CC1. The zero-order chi connectivity index (χ0) is 29.0. The number of anilines is 3. The van der Waals surface area contributed by atoms with Crippen molar-refractivity contribution in [3.05, 3.63) is 66.8 Å². The molecular formula is C34H52FN5. The number of nitrogens with zero attached hydrogens (tertiary/aromatic N) is 3. The monoisotopic (exact) mass is 549 g/mol. The average molecular weight is 550 g/mol. The van der Waals surface area contributed by atoms with Crippen LogP contribution in [0.15, 0.2) is 55.4 Å². The van der Waals surface area contributed by atoms with Crippen LogP contribution in [0.1, 0.15) is 103 Å². The largest absolute Gasteiger partial charge is 0.381 e. The summed E-state index contributed by atoms with van der Waals surface area (Å²) in [5.74, 6) is -0.448. The van der Waals surface area contributed by atoms with Gasteiger partial charge in [0, 0.05) is 24.5 Å². The first kappa shape index (κ1) is 31.6. The summed E-state index contributed by atoms with van der Waals surface area (Å²) in [6.45, 7) is 17.2. The minimum atomic E-state index is -0.604.